The fourth-order valence-electron chi connectivity index (χ4n) is 3.12. The van der Waals surface area contributed by atoms with Gasteiger partial charge in [-0.05, 0) is 49.1 Å². The van der Waals surface area contributed by atoms with E-state index < -0.39 is 0 Å². The van der Waals surface area contributed by atoms with Gasteiger partial charge in [-0.15, -0.1) is 0 Å². The number of ether oxygens (including phenoxy) is 1. The Labute approximate surface area is 113 Å². The van der Waals surface area contributed by atoms with Gasteiger partial charge in [-0.2, -0.15) is 0 Å². The largest absolute Gasteiger partial charge is 0.480 e. The Hall–Kier alpha value is -1.51. The topological polar surface area (TPSA) is 38.3 Å². The van der Waals surface area contributed by atoms with E-state index in [9.17, 15) is 4.79 Å². The predicted octanol–water partition coefficient (Wildman–Crippen LogP) is 2.29. The minimum absolute atomic E-state index is 0.0833. The monoisotopic (exact) mass is 257 g/mol. The fraction of sp³-hybridized carbons (Fsp3) is 0.562. The Morgan fingerprint density at radius 1 is 1.16 bits per heavy atom. The summed E-state index contributed by atoms with van der Waals surface area (Å²) < 4.78 is 5.76. The normalized spacial score (nSPS) is 25.0. The van der Waals surface area contributed by atoms with E-state index in [1.54, 1.807) is 0 Å². The average Bonchev–Trinajstić information content (AvgIpc) is 3.32. The van der Waals surface area contributed by atoms with Gasteiger partial charge in [0.25, 0.3) is 5.91 Å². The molecule has 100 valence electrons. The second-order valence-electron chi connectivity index (χ2n) is 6.13. The maximum absolute atomic E-state index is 12.4. The molecule has 3 nitrogen and oxygen atoms in total. The summed E-state index contributed by atoms with van der Waals surface area (Å²) in [6.07, 6.45) is 5.53. The van der Waals surface area contributed by atoms with Crippen LogP contribution in [0.25, 0.3) is 0 Å². The molecule has 1 aliphatic heterocycles. The highest BCUT2D eigenvalue weighted by Gasteiger charge is 2.43. The van der Waals surface area contributed by atoms with E-state index in [2.05, 4.69) is 5.32 Å². The lowest BCUT2D eigenvalue weighted by Crippen LogP contribution is -2.45. The van der Waals surface area contributed by atoms with Crippen LogP contribution in [0.4, 0.5) is 0 Å². The minimum atomic E-state index is -0.322. The van der Waals surface area contributed by atoms with E-state index in [1.807, 2.05) is 24.3 Å². The van der Waals surface area contributed by atoms with Gasteiger partial charge in [0, 0.05) is 12.5 Å². The Morgan fingerprint density at radius 2 is 1.84 bits per heavy atom. The zero-order chi connectivity index (χ0) is 12.8. The lowest BCUT2D eigenvalue weighted by molar-refractivity contribution is -0.128. The number of benzene rings is 1. The predicted molar refractivity (Wildman–Crippen MR) is 71.9 cm³/mol. The molecule has 0 saturated heterocycles. The molecule has 1 atom stereocenters. The SMILES string of the molecule is O=C(NC(C1CC1)C1CC1)C1Cc2ccccc2O1. The first-order chi connectivity index (χ1) is 9.31. The standard InChI is InChI=1S/C16H19NO2/c18-16(17-15(10-5-6-10)11-7-8-11)14-9-12-3-1-2-4-13(12)19-14/h1-4,10-11,14-15H,5-9H2,(H,17,18). The average molecular weight is 257 g/mol. The fourth-order valence-corrected chi connectivity index (χ4v) is 3.12. The third-order valence-electron chi connectivity index (χ3n) is 4.51. The van der Waals surface area contributed by atoms with Crippen molar-refractivity contribution in [3.05, 3.63) is 29.8 Å². The van der Waals surface area contributed by atoms with E-state index in [0.29, 0.717) is 12.5 Å². The molecule has 0 aromatic heterocycles. The van der Waals surface area contributed by atoms with Gasteiger partial charge in [0.2, 0.25) is 0 Å². The maximum atomic E-state index is 12.4. The highest BCUT2D eigenvalue weighted by atomic mass is 16.5. The number of carbonyl (C=O) groups is 1. The molecule has 2 fully saturated rings. The van der Waals surface area contributed by atoms with Crippen molar-refractivity contribution in [1.29, 1.82) is 0 Å². The summed E-state index contributed by atoms with van der Waals surface area (Å²) in [6, 6.07) is 8.36. The third kappa shape index (κ3) is 2.22. The second kappa shape index (κ2) is 4.26. The van der Waals surface area contributed by atoms with E-state index in [0.717, 1.165) is 23.1 Å². The number of hydrogen-bond donors (Lipinski definition) is 1. The number of rotatable bonds is 4. The number of nitrogens with one attached hydrogen (secondary N) is 1. The van der Waals surface area contributed by atoms with Crippen LogP contribution in [0.15, 0.2) is 24.3 Å². The Kier molecular flexibility index (Phi) is 2.54. The number of fused-ring (bicyclic) bond motifs is 1. The van der Waals surface area contributed by atoms with Gasteiger partial charge < -0.3 is 10.1 Å². The number of carbonyl (C=O) groups excluding carboxylic acids is 1. The van der Waals surface area contributed by atoms with Crippen LogP contribution < -0.4 is 10.1 Å². The van der Waals surface area contributed by atoms with Crippen molar-refractivity contribution in [3.8, 4) is 5.75 Å². The highest BCUT2D eigenvalue weighted by molar-refractivity contribution is 5.83. The zero-order valence-electron chi connectivity index (χ0n) is 11.0. The molecular weight excluding hydrogens is 238 g/mol. The van der Waals surface area contributed by atoms with Crippen LogP contribution in [0, 0.1) is 11.8 Å². The molecule has 1 aromatic carbocycles. The molecule has 2 aliphatic carbocycles. The summed E-state index contributed by atoms with van der Waals surface area (Å²) >= 11 is 0. The molecule has 3 aliphatic rings. The van der Waals surface area contributed by atoms with Gasteiger partial charge in [0.05, 0.1) is 0 Å². The van der Waals surface area contributed by atoms with E-state index in [-0.39, 0.29) is 12.0 Å². The summed E-state index contributed by atoms with van der Waals surface area (Å²) in [5.41, 5.74) is 1.15. The second-order valence-corrected chi connectivity index (χ2v) is 6.13. The first kappa shape index (κ1) is 11.3. The lowest BCUT2D eigenvalue weighted by atomic mass is 10.1. The van der Waals surface area contributed by atoms with Crippen LogP contribution in [0.1, 0.15) is 31.2 Å². The molecule has 0 spiro atoms. The molecule has 1 amide bonds. The summed E-state index contributed by atoms with van der Waals surface area (Å²) in [5.74, 6) is 2.43. The Balaban J connectivity index is 1.41. The van der Waals surface area contributed by atoms with Crippen molar-refractivity contribution in [2.75, 3.05) is 0 Å². The van der Waals surface area contributed by atoms with Gasteiger partial charge in [-0.3, -0.25) is 4.79 Å². The molecule has 3 heteroatoms. The van der Waals surface area contributed by atoms with E-state index >= 15 is 0 Å². The van der Waals surface area contributed by atoms with Gasteiger partial charge in [0.1, 0.15) is 5.75 Å². The van der Waals surface area contributed by atoms with Crippen LogP contribution in [0.2, 0.25) is 0 Å². The summed E-state index contributed by atoms with van der Waals surface area (Å²) in [4.78, 5) is 12.4. The van der Waals surface area contributed by atoms with Gasteiger partial charge in [-0.25, -0.2) is 0 Å². The molecule has 1 heterocycles. The number of hydrogen-bond acceptors (Lipinski definition) is 2. The van der Waals surface area contributed by atoms with Crippen molar-refractivity contribution < 1.29 is 9.53 Å². The zero-order valence-corrected chi connectivity index (χ0v) is 11.0. The van der Waals surface area contributed by atoms with Gasteiger partial charge >= 0.3 is 0 Å². The van der Waals surface area contributed by atoms with Crippen molar-refractivity contribution in [2.45, 2.75) is 44.2 Å². The lowest BCUT2D eigenvalue weighted by Gasteiger charge is -2.20. The van der Waals surface area contributed by atoms with Crippen molar-refractivity contribution in [3.63, 3.8) is 0 Å². The van der Waals surface area contributed by atoms with E-state index in [4.69, 9.17) is 4.74 Å². The van der Waals surface area contributed by atoms with Crippen molar-refractivity contribution >= 4 is 5.91 Å². The van der Waals surface area contributed by atoms with E-state index in [1.165, 1.54) is 25.7 Å². The Morgan fingerprint density at radius 3 is 2.47 bits per heavy atom. The summed E-state index contributed by atoms with van der Waals surface area (Å²) in [5, 5.41) is 3.25. The first-order valence-corrected chi connectivity index (χ1v) is 7.36. The molecule has 1 unspecified atom stereocenters. The molecule has 1 aromatic rings. The van der Waals surface area contributed by atoms with Crippen molar-refractivity contribution in [1.82, 2.24) is 5.32 Å². The molecule has 0 bridgehead atoms. The molecule has 0 radical (unpaired) electrons. The summed E-state index contributed by atoms with van der Waals surface area (Å²) in [6.45, 7) is 0. The Bertz CT molecular complexity index is 468. The summed E-state index contributed by atoms with van der Waals surface area (Å²) in [7, 11) is 0. The molecule has 19 heavy (non-hydrogen) atoms. The number of para-hydroxylation sites is 1. The third-order valence-corrected chi connectivity index (χ3v) is 4.51. The number of amides is 1. The molecule has 1 N–H and O–H groups in total. The minimum Gasteiger partial charge on any atom is -0.480 e. The van der Waals surface area contributed by atoms with Crippen LogP contribution in [0.5, 0.6) is 5.75 Å². The van der Waals surface area contributed by atoms with Gasteiger partial charge in [0.15, 0.2) is 6.10 Å². The van der Waals surface area contributed by atoms with Crippen LogP contribution >= 0.6 is 0 Å². The van der Waals surface area contributed by atoms with Crippen LogP contribution in [0.3, 0.4) is 0 Å². The molecule has 2 saturated carbocycles. The molecular formula is C16H19NO2. The first-order valence-electron chi connectivity index (χ1n) is 7.36. The molecule has 4 rings (SSSR count). The van der Waals surface area contributed by atoms with Crippen molar-refractivity contribution in [2.24, 2.45) is 11.8 Å². The van der Waals surface area contributed by atoms with Crippen LogP contribution in [-0.4, -0.2) is 18.1 Å². The maximum Gasteiger partial charge on any atom is 0.261 e. The smallest absolute Gasteiger partial charge is 0.261 e. The van der Waals surface area contributed by atoms with Gasteiger partial charge in [-0.1, -0.05) is 18.2 Å². The van der Waals surface area contributed by atoms with Crippen LogP contribution in [-0.2, 0) is 11.2 Å². The highest BCUT2D eigenvalue weighted by Crippen LogP contribution is 2.44. The quantitative estimate of drug-likeness (QED) is 0.898.